The summed E-state index contributed by atoms with van der Waals surface area (Å²) in [6, 6.07) is 16.7. The Hall–Kier alpha value is -3.35. The summed E-state index contributed by atoms with van der Waals surface area (Å²) in [5.41, 5.74) is 4.81. The van der Waals surface area contributed by atoms with Gasteiger partial charge in [-0.2, -0.15) is 0 Å². The number of carbonyl (C=O) groups is 3. The van der Waals surface area contributed by atoms with E-state index in [0.717, 1.165) is 25.7 Å². The zero-order valence-electron chi connectivity index (χ0n) is 19.7. The fraction of sp³-hybridized carbons (Fsp3) is 0.464. The van der Waals surface area contributed by atoms with Gasteiger partial charge in [-0.25, -0.2) is 4.79 Å². The SMILES string of the molecule is O=C(O)CC1CC(NC(=O)CC2CC(CNC(=O)OCC3c4ccccc4-c4ccccc43)C2)C1. The molecule has 0 aliphatic heterocycles. The zero-order valence-corrected chi connectivity index (χ0v) is 19.7. The number of carboxylic acid groups (broad SMARTS) is 1. The van der Waals surface area contributed by atoms with Crippen molar-refractivity contribution in [3.8, 4) is 11.1 Å². The van der Waals surface area contributed by atoms with Gasteiger partial charge < -0.3 is 20.5 Å². The second-order valence-corrected chi connectivity index (χ2v) is 10.3. The lowest BCUT2D eigenvalue weighted by molar-refractivity contribution is -0.139. The van der Waals surface area contributed by atoms with E-state index in [-0.39, 0.29) is 30.2 Å². The fourth-order valence-electron chi connectivity index (χ4n) is 5.90. The number of aliphatic carboxylic acids is 1. The molecule has 0 spiro atoms. The molecule has 0 radical (unpaired) electrons. The Kier molecular flexibility index (Phi) is 6.75. The van der Waals surface area contributed by atoms with Gasteiger partial charge in [0.1, 0.15) is 6.61 Å². The van der Waals surface area contributed by atoms with Crippen LogP contribution in [0, 0.1) is 17.8 Å². The van der Waals surface area contributed by atoms with Crippen LogP contribution in [-0.2, 0) is 14.3 Å². The average Bonchev–Trinajstić information content (AvgIpc) is 3.11. The third kappa shape index (κ3) is 5.34. The second-order valence-electron chi connectivity index (χ2n) is 10.3. The summed E-state index contributed by atoms with van der Waals surface area (Å²) in [4.78, 5) is 35.3. The molecule has 0 aromatic heterocycles. The predicted octanol–water partition coefficient (Wildman–Crippen LogP) is 4.31. The smallest absolute Gasteiger partial charge is 0.407 e. The van der Waals surface area contributed by atoms with Gasteiger partial charge in [0.2, 0.25) is 5.91 Å². The van der Waals surface area contributed by atoms with Crippen LogP contribution in [0.3, 0.4) is 0 Å². The minimum Gasteiger partial charge on any atom is -0.481 e. The summed E-state index contributed by atoms with van der Waals surface area (Å²) < 4.78 is 5.59. The molecular weight excluding hydrogens is 444 g/mol. The molecule has 2 saturated carbocycles. The maximum Gasteiger partial charge on any atom is 0.407 e. The number of carboxylic acids is 1. The number of benzene rings is 2. The monoisotopic (exact) mass is 476 g/mol. The Bertz CT molecular complexity index is 1060. The van der Waals surface area contributed by atoms with Crippen LogP contribution in [0.1, 0.15) is 55.6 Å². The van der Waals surface area contributed by atoms with E-state index < -0.39 is 12.1 Å². The highest BCUT2D eigenvalue weighted by Gasteiger charge is 2.35. The molecule has 3 N–H and O–H groups in total. The van der Waals surface area contributed by atoms with Crippen LogP contribution < -0.4 is 10.6 Å². The molecular formula is C28H32N2O5. The van der Waals surface area contributed by atoms with Gasteiger partial charge in [0.25, 0.3) is 0 Å². The van der Waals surface area contributed by atoms with Crippen molar-refractivity contribution in [1.29, 1.82) is 0 Å². The van der Waals surface area contributed by atoms with Crippen molar-refractivity contribution in [3.63, 3.8) is 0 Å². The van der Waals surface area contributed by atoms with E-state index in [1.54, 1.807) is 0 Å². The van der Waals surface area contributed by atoms with E-state index >= 15 is 0 Å². The molecule has 35 heavy (non-hydrogen) atoms. The van der Waals surface area contributed by atoms with Crippen LogP contribution >= 0.6 is 0 Å². The van der Waals surface area contributed by atoms with Crippen molar-refractivity contribution in [2.75, 3.05) is 13.2 Å². The summed E-state index contributed by atoms with van der Waals surface area (Å²) >= 11 is 0. The first-order valence-electron chi connectivity index (χ1n) is 12.6. The molecule has 0 saturated heterocycles. The van der Waals surface area contributed by atoms with Crippen LogP contribution in [0.4, 0.5) is 4.79 Å². The lowest BCUT2D eigenvalue weighted by Crippen LogP contribution is -2.46. The Morgan fingerprint density at radius 3 is 2.06 bits per heavy atom. The van der Waals surface area contributed by atoms with Gasteiger partial charge in [-0.1, -0.05) is 48.5 Å². The van der Waals surface area contributed by atoms with E-state index in [1.807, 2.05) is 24.3 Å². The van der Waals surface area contributed by atoms with Gasteiger partial charge in [-0.05, 0) is 65.7 Å². The molecule has 2 fully saturated rings. The number of ether oxygens (including phenoxy) is 1. The molecule has 0 bridgehead atoms. The highest BCUT2D eigenvalue weighted by molar-refractivity contribution is 5.79. The molecule has 2 amide bonds. The summed E-state index contributed by atoms with van der Waals surface area (Å²) in [7, 11) is 0. The lowest BCUT2D eigenvalue weighted by atomic mass is 9.73. The van der Waals surface area contributed by atoms with Crippen molar-refractivity contribution in [3.05, 3.63) is 59.7 Å². The molecule has 3 aliphatic rings. The van der Waals surface area contributed by atoms with Gasteiger partial charge in [0, 0.05) is 31.3 Å². The van der Waals surface area contributed by atoms with E-state index in [4.69, 9.17) is 9.84 Å². The molecule has 5 rings (SSSR count). The van der Waals surface area contributed by atoms with Crippen LogP contribution in [0.2, 0.25) is 0 Å². The van der Waals surface area contributed by atoms with Crippen molar-refractivity contribution in [2.24, 2.45) is 17.8 Å². The number of alkyl carbamates (subject to hydrolysis) is 1. The normalized spacial score (nSPS) is 24.3. The molecule has 0 atom stereocenters. The van der Waals surface area contributed by atoms with E-state index in [2.05, 4.69) is 34.9 Å². The highest BCUT2D eigenvalue weighted by Crippen LogP contribution is 2.44. The first kappa shape index (κ1) is 23.4. The number of hydrogen-bond acceptors (Lipinski definition) is 4. The predicted molar refractivity (Wildman–Crippen MR) is 131 cm³/mol. The Morgan fingerprint density at radius 2 is 1.43 bits per heavy atom. The van der Waals surface area contributed by atoms with Gasteiger partial charge in [0.05, 0.1) is 0 Å². The van der Waals surface area contributed by atoms with Crippen molar-refractivity contribution in [1.82, 2.24) is 10.6 Å². The lowest BCUT2D eigenvalue weighted by Gasteiger charge is -2.37. The van der Waals surface area contributed by atoms with E-state index in [0.29, 0.717) is 31.4 Å². The summed E-state index contributed by atoms with van der Waals surface area (Å²) in [6.07, 6.45) is 3.65. The quantitative estimate of drug-likeness (QED) is 0.500. The zero-order chi connectivity index (χ0) is 24.4. The number of rotatable bonds is 9. The highest BCUT2D eigenvalue weighted by atomic mass is 16.5. The van der Waals surface area contributed by atoms with E-state index in [1.165, 1.54) is 22.3 Å². The molecule has 2 aromatic rings. The maximum absolute atomic E-state index is 12.3. The molecule has 184 valence electrons. The van der Waals surface area contributed by atoms with Gasteiger partial charge in [-0.15, -0.1) is 0 Å². The van der Waals surface area contributed by atoms with E-state index in [9.17, 15) is 14.4 Å². The first-order valence-corrected chi connectivity index (χ1v) is 12.6. The number of amides is 2. The number of fused-ring (bicyclic) bond motifs is 3. The Labute approximate surface area is 205 Å². The minimum atomic E-state index is -0.771. The van der Waals surface area contributed by atoms with Crippen molar-refractivity contribution in [2.45, 2.75) is 50.5 Å². The van der Waals surface area contributed by atoms with Crippen LogP contribution in [0.25, 0.3) is 11.1 Å². The maximum atomic E-state index is 12.3. The molecule has 7 heteroatoms. The standard InChI is InChI=1S/C28H32N2O5/c31-26(30-20-11-18(12-20)14-27(32)33)13-17-9-19(10-17)15-29-28(34)35-16-25-23-7-3-1-5-21(23)22-6-2-4-8-24(22)25/h1-8,17-20,25H,9-16H2,(H,29,34)(H,30,31)(H,32,33). The molecule has 0 unspecified atom stereocenters. The largest absolute Gasteiger partial charge is 0.481 e. The third-order valence-corrected chi connectivity index (χ3v) is 7.75. The fourth-order valence-corrected chi connectivity index (χ4v) is 5.90. The summed E-state index contributed by atoms with van der Waals surface area (Å²) in [6.45, 7) is 0.871. The summed E-state index contributed by atoms with van der Waals surface area (Å²) in [5, 5.41) is 14.7. The second kappa shape index (κ2) is 10.1. The van der Waals surface area contributed by atoms with Crippen LogP contribution in [-0.4, -0.2) is 42.3 Å². The number of nitrogens with one attached hydrogen (secondary N) is 2. The minimum absolute atomic E-state index is 0.0508. The molecule has 2 aromatic carbocycles. The topological polar surface area (TPSA) is 105 Å². The number of carbonyl (C=O) groups excluding carboxylic acids is 2. The molecule has 0 heterocycles. The molecule has 3 aliphatic carbocycles. The van der Waals surface area contributed by atoms with Crippen LogP contribution in [0.15, 0.2) is 48.5 Å². The van der Waals surface area contributed by atoms with Gasteiger partial charge >= 0.3 is 12.1 Å². The van der Waals surface area contributed by atoms with Crippen molar-refractivity contribution < 1.29 is 24.2 Å². The van der Waals surface area contributed by atoms with Crippen molar-refractivity contribution >= 4 is 18.0 Å². The number of hydrogen-bond donors (Lipinski definition) is 3. The molecule has 7 nitrogen and oxygen atoms in total. The van der Waals surface area contributed by atoms with Gasteiger partial charge in [0.15, 0.2) is 0 Å². The van der Waals surface area contributed by atoms with Gasteiger partial charge in [-0.3, -0.25) is 9.59 Å². The summed E-state index contributed by atoms with van der Waals surface area (Å²) in [5.74, 6) is 0.240. The third-order valence-electron chi connectivity index (χ3n) is 7.75. The first-order chi connectivity index (χ1) is 17.0. The average molecular weight is 477 g/mol. The Balaban J connectivity index is 0.986. The van der Waals surface area contributed by atoms with Crippen LogP contribution in [0.5, 0.6) is 0 Å². The Morgan fingerprint density at radius 1 is 0.829 bits per heavy atom.